The minimum atomic E-state index is 0.411. The van der Waals surface area contributed by atoms with Gasteiger partial charge < -0.3 is 11.1 Å². The van der Waals surface area contributed by atoms with Gasteiger partial charge in [0.15, 0.2) is 0 Å². The number of halogens is 1. The number of allylic oxidation sites excluding steroid dienone is 1. The van der Waals surface area contributed by atoms with Crippen LogP contribution in [0, 0.1) is 19.8 Å². The maximum atomic E-state index is 6.12. The molecule has 0 unspecified atom stereocenters. The fourth-order valence-electron chi connectivity index (χ4n) is 2.23. The molecule has 6 heteroatoms. The second kappa shape index (κ2) is 11.7. The Balaban J connectivity index is 0.00000190. The van der Waals surface area contributed by atoms with Gasteiger partial charge in [0.25, 0.3) is 0 Å². The van der Waals surface area contributed by atoms with Crippen molar-refractivity contribution in [3.05, 3.63) is 64.5 Å². The Kier molecular flexibility index (Phi) is 9.63. The first kappa shape index (κ1) is 23.1. The van der Waals surface area contributed by atoms with Crippen molar-refractivity contribution in [3.63, 3.8) is 0 Å². The van der Waals surface area contributed by atoms with Crippen molar-refractivity contribution in [2.45, 2.75) is 26.7 Å². The summed E-state index contributed by atoms with van der Waals surface area (Å²) >= 11 is 6.12. The maximum Gasteiger partial charge on any atom is 0.108 e. The summed E-state index contributed by atoms with van der Waals surface area (Å²) in [6.07, 6.45) is 11.5. The Morgan fingerprint density at radius 1 is 1.39 bits per heavy atom. The molecule has 0 bridgehead atoms. The van der Waals surface area contributed by atoms with Crippen LogP contribution in [0.15, 0.2) is 41.9 Å². The number of terminal acetylenes is 1. The fraction of sp³-hybridized carbons (Fsp3) is 0.273. The average molecular weight is 398 g/mol. The summed E-state index contributed by atoms with van der Waals surface area (Å²) in [5, 5.41) is 11.2. The van der Waals surface area contributed by atoms with Crippen LogP contribution < -0.4 is 11.1 Å². The predicted molar refractivity (Wildman–Crippen MR) is 121 cm³/mol. The number of hydrogen-bond acceptors (Lipinski definition) is 4. The monoisotopic (exact) mass is 397 g/mol. The van der Waals surface area contributed by atoms with Crippen LogP contribution in [0.5, 0.6) is 0 Å². The fourth-order valence-corrected chi connectivity index (χ4v) is 2.41. The van der Waals surface area contributed by atoms with E-state index in [1.807, 2.05) is 31.2 Å². The number of hydrogen-bond donors (Lipinski definition) is 3. The number of aromatic nitrogens is 2. The van der Waals surface area contributed by atoms with Gasteiger partial charge in [-0.05, 0) is 42.2 Å². The van der Waals surface area contributed by atoms with Gasteiger partial charge in [-0.3, -0.25) is 10.1 Å². The number of aliphatic imine (C=N–C) groups is 1. The van der Waals surface area contributed by atoms with E-state index in [-0.39, 0.29) is 0 Å². The highest BCUT2D eigenvalue weighted by molar-refractivity contribution is 6.31. The van der Waals surface area contributed by atoms with Crippen molar-refractivity contribution < 1.29 is 0 Å². The number of nitrogens with two attached hydrogens (primary N) is 1. The molecule has 0 saturated carbocycles. The van der Waals surface area contributed by atoms with E-state index in [0.717, 1.165) is 28.2 Å². The topological polar surface area (TPSA) is 79.1 Å². The van der Waals surface area contributed by atoms with E-state index in [1.54, 1.807) is 12.3 Å². The Bertz CT molecular complexity index is 859. The molecule has 148 valence electrons. The maximum absolute atomic E-state index is 6.12. The smallest absolute Gasteiger partial charge is 0.108 e. The number of nitrogens with zero attached hydrogens (tertiary/aromatic N) is 2. The molecule has 1 heterocycles. The lowest BCUT2D eigenvalue weighted by molar-refractivity contribution is 0.809. The van der Waals surface area contributed by atoms with Crippen molar-refractivity contribution in [1.82, 2.24) is 15.5 Å². The average Bonchev–Trinajstić information content (AvgIpc) is 3.18. The van der Waals surface area contributed by atoms with E-state index in [9.17, 15) is 0 Å². The third-order valence-corrected chi connectivity index (χ3v) is 4.38. The molecule has 1 aromatic carbocycles. The van der Waals surface area contributed by atoms with Crippen LogP contribution in [0.25, 0.3) is 11.4 Å². The predicted octanol–water partition coefficient (Wildman–Crippen LogP) is 4.38. The third-order valence-electron chi connectivity index (χ3n) is 3.97. The van der Waals surface area contributed by atoms with Gasteiger partial charge in [-0.25, -0.2) is 0 Å². The molecule has 0 spiro atoms. The van der Waals surface area contributed by atoms with Crippen LogP contribution in [-0.2, 0) is 0 Å². The Hall–Kier alpha value is -2.97. The Labute approximate surface area is 172 Å². The van der Waals surface area contributed by atoms with Gasteiger partial charge in [0.1, 0.15) is 5.69 Å². The number of rotatable bonds is 8. The first-order valence-electron chi connectivity index (χ1n) is 8.92. The SMILES string of the molecule is C#C.C=C(NCCN=C/C=C(\N)c1ccc(C)c(Cl)c1)c1cc(C(C)C)[nH]n1. The lowest BCUT2D eigenvalue weighted by atomic mass is 10.1. The molecule has 28 heavy (non-hydrogen) atoms. The minimum absolute atomic E-state index is 0.411. The lowest BCUT2D eigenvalue weighted by Gasteiger charge is -2.05. The number of aromatic amines is 1. The molecule has 4 N–H and O–H groups in total. The molecular weight excluding hydrogens is 370 g/mol. The zero-order valence-corrected chi connectivity index (χ0v) is 17.4. The van der Waals surface area contributed by atoms with Crippen LogP contribution in [-0.4, -0.2) is 29.5 Å². The van der Waals surface area contributed by atoms with E-state index in [0.29, 0.717) is 29.7 Å². The van der Waals surface area contributed by atoms with Crippen molar-refractivity contribution in [3.8, 4) is 12.8 Å². The highest BCUT2D eigenvalue weighted by Gasteiger charge is 2.06. The van der Waals surface area contributed by atoms with Crippen molar-refractivity contribution >= 4 is 29.2 Å². The number of H-pyrrole nitrogens is 1. The normalized spacial score (nSPS) is 11.3. The van der Waals surface area contributed by atoms with Gasteiger partial charge in [-0.15, -0.1) is 12.8 Å². The summed E-state index contributed by atoms with van der Waals surface area (Å²) in [4.78, 5) is 4.33. The van der Waals surface area contributed by atoms with Gasteiger partial charge >= 0.3 is 0 Å². The second-order valence-electron chi connectivity index (χ2n) is 6.41. The molecule has 0 fully saturated rings. The molecule has 5 nitrogen and oxygen atoms in total. The van der Waals surface area contributed by atoms with Crippen LogP contribution in [0.1, 0.15) is 42.3 Å². The number of benzene rings is 1. The van der Waals surface area contributed by atoms with Crippen molar-refractivity contribution in [2.75, 3.05) is 13.1 Å². The molecule has 0 aliphatic heterocycles. The summed E-state index contributed by atoms with van der Waals surface area (Å²) in [7, 11) is 0. The third kappa shape index (κ3) is 6.98. The molecule has 0 saturated heterocycles. The van der Waals surface area contributed by atoms with Gasteiger partial charge in [0, 0.05) is 29.2 Å². The van der Waals surface area contributed by atoms with E-state index >= 15 is 0 Å². The molecule has 0 aliphatic rings. The zero-order valence-electron chi connectivity index (χ0n) is 16.7. The Morgan fingerprint density at radius 3 is 2.71 bits per heavy atom. The van der Waals surface area contributed by atoms with Gasteiger partial charge in [-0.1, -0.05) is 44.2 Å². The van der Waals surface area contributed by atoms with E-state index < -0.39 is 0 Å². The quantitative estimate of drug-likeness (QED) is 0.351. The summed E-state index contributed by atoms with van der Waals surface area (Å²) in [5.74, 6) is 0.411. The summed E-state index contributed by atoms with van der Waals surface area (Å²) in [6.45, 7) is 11.5. The lowest BCUT2D eigenvalue weighted by Crippen LogP contribution is -2.15. The van der Waals surface area contributed by atoms with Crippen molar-refractivity contribution in [2.24, 2.45) is 10.7 Å². The molecule has 0 atom stereocenters. The van der Waals surface area contributed by atoms with Crippen LogP contribution in [0.4, 0.5) is 0 Å². The summed E-state index contributed by atoms with van der Waals surface area (Å²) < 4.78 is 0. The summed E-state index contributed by atoms with van der Waals surface area (Å²) in [5.41, 5.74) is 11.3. The first-order valence-corrected chi connectivity index (χ1v) is 9.30. The minimum Gasteiger partial charge on any atom is -0.398 e. The van der Waals surface area contributed by atoms with Crippen molar-refractivity contribution in [1.29, 1.82) is 0 Å². The largest absolute Gasteiger partial charge is 0.398 e. The van der Waals surface area contributed by atoms with Crippen LogP contribution >= 0.6 is 11.6 Å². The molecule has 0 aliphatic carbocycles. The van der Waals surface area contributed by atoms with Crippen LogP contribution in [0.2, 0.25) is 5.02 Å². The zero-order chi connectivity index (χ0) is 21.1. The molecule has 0 radical (unpaired) electrons. The summed E-state index contributed by atoms with van der Waals surface area (Å²) in [6, 6.07) is 7.77. The molecule has 1 aromatic heterocycles. The highest BCUT2D eigenvalue weighted by Crippen LogP contribution is 2.19. The molecular formula is C22H28ClN5. The van der Waals surface area contributed by atoms with Gasteiger partial charge in [0.05, 0.1) is 12.2 Å². The standard InChI is InChI=1S/C20H26ClN5.C2H2/c1-13(2)19-12-20(26-25-19)15(4)24-10-9-23-8-7-18(22)16-6-5-14(3)17(21)11-16;1-2/h5-8,11-13,24H,4,9-10,22H2,1-3H3,(H,25,26);1-2H/b18-7-,23-8?;. The Morgan fingerprint density at radius 2 is 2.11 bits per heavy atom. The van der Waals surface area contributed by atoms with Crippen LogP contribution in [0.3, 0.4) is 0 Å². The molecule has 0 amide bonds. The van der Waals surface area contributed by atoms with E-state index in [4.69, 9.17) is 17.3 Å². The van der Waals surface area contributed by atoms with Gasteiger partial charge in [-0.2, -0.15) is 5.10 Å². The van der Waals surface area contributed by atoms with E-state index in [2.05, 4.69) is 53.8 Å². The highest BCUT2D eigenvalue weighted by atomic mass is 35.5. The van der Waals surface area contributed by atoms with Gasteiger partial charge in [0.2, 0.25) is 0 Å². The number of nitrogens with one attached hydrogen (secondary N) is 2. The second-order valence-corrected chi connectivity index (χ2v) is 6.82. The molecule has 2 rings (SSSR count). The van der Waals surface area contributed by atoms with E-state index in [1.165, 1.54) is 0 Å². The number of aryl methyl sites for hydroxylation is 1. The first-order chi connectivity index (χ1) is 13.4. The molecule has 2 aromatic rings.